The first-order valence-corrected chi connectivity index (χ1v) is 4.50. The van der Waals surface area contributed by atoms with Gasteiger partial charge in [0.25, 0.3) is 0 Å². The maximum atomic E-state index is 11.6. The third kappa shape index (κ3) is 2.45. The largest absolute Gasteiger partial charge is 0.347 e. The van der Waals surface area contributed by atoms with Crippen molar-refractivity contribution in [2.75, 3.05) is 14.1 Å². The van der Waals surface area contributed by atoms with Gasteiger partial charge in [0, 0.05) is 26.5 Å². The van der Waals surface area contributed by atoms with E-state index in [9.17, 15) is 4.79 Å². The molecule has 0 aliphatic carbocycles. The third-order valence-corrected chi connectivity index (χ3v) is 1.94. The van der Waals surface area contributed by atoms with Gasteiger partial charge in [0.05, 0.1) is 0 Å². The van der Waals surface area contributed by atoms with Gasteiger partial charge in [-0.05, 0) is 19.1 Å². The summed E-state index contributed by atoms with van der Waals surface area (Å²) in [5.74, 6) is 0.0358. The van der Waals surface area contributed by atoms with E-state index in [1.54, 1.807) is 36.4 Å². The van der Waals surface area contributed by atoms with Crippen LogP contribution in [0.5, 0.6) is 0 Å². The molecule has 1 aliphatic heterocycles. The highest BCUT2D eigenvalue weighted by Crippen LogP contribution is 2.05. The molecule has 1 heterocycles. The van der Waals surface area contributed by atoms with Crippen LogP contribution in [0.1, 0.15) is 6.92 Å². The Morgan fingerprint density at radius 3 is 2.71 bits per heavy atom. The molecule has 0 saturated carbocycles. The van der Waals surface area contributed by atoms with Gasteiger partial charge in [0.15, 0.2) is 0 Å². The van der Waals surface area contributed by atoms with Crippen LogP contribution >= 0.6 is 0 Å². The Kier molecular flexibility index (Phi) is 3.45. The fraction of sp³-hybridized carbons (Fsp3) is 0.400. The van der Waals surface area contributed by atoms with Crippen molar-refractivity contribution in [3.05, 3.63) is 24.4 Å². The lowest BCUT2D eigenvalue weighted by atomic mass is 10.3. The van der Waals surface area contributed by atoms with E-state index in [1.807, 2.05) is 25.2 Å². The van der Waals surface area contributed by atoms with Crippen molar-refractivity contribution in [3.63, 3.8) is 0 Å². The summed E-state index contributed by atoms with van der Waals surface area (Å²) in [5.41, 5.74) is 0. The quantitative estimate of drug-likeness (QED) is 0.651. The molecule has 0 saturated heterocycles. The molecule has 0 radical (unpaired) electrons. The van der Waals surface area contributed by atoms with Crippen LogP contribution in [0.3, 0.4) is 0 Å². The molecule has 0 aromatic heterocycles. The van der Waals surface area contributed by atoms with Crippen molar-refractivity contribution in [2.45, 2.75) is 13.0 Å². The Morgan fingerprint density at radius 1 is 1.36 bits per heavy atom. The summed E-state index contributed by atoms with van der Waals surface area (Å²) in [6.07, 6.45) is 9.00. The Labute approximate surface area is 84.2 Å². The molecule has 0 fully saturated rings. The van der Waals surface area contributed by atoms with E-state index in [0.29, 0.717) is 0 Å². The number of carbonyl (C=O) groups is 1. The number of nitrogens with zero attached hydrogens (tertiary/aromatic N) is 3. The first-order valence-electron chi connectivity index (χ1n) is 4.50. The SMILES string of the molecule is CC(C(=O)N(C)C)N1C=CC=CC=N1. The Hall–Kier alpha value is -1.58. The summed E-state index contributed by atoms with van der Waals surface area (Å²) in [6, 6.07) is -0.266. The van der Waals surface area contributed by atoms with Gasteiger partial charge in [-0.15, -0.1) is 0 Å². The topological polar surface area (TPSA) is 35.9 Å². The van der Waals surface area contributed by atoms with Crippen LogP contribution in [-0.2, 0) is 4.79 Å². The van der Waals surface area contributed by atoms with Gasteiger partial charge >= 0.3 is 0 Å². The van der Waals surface area contributed by atoms with E-state index < -0.39 is 0 Å². The van der Waals surface area contributed by atoms with E-state index in [0.717, 1.165) is 0 Å². The monoisotopic (exact) mass is 193 g/mol. The van der Waals surface area contributed by atoms with Gasteiger partial charge in [-0.3, -0.25) is 9.80 Å². The lowest BCUT2D eigenvalue weighted by Gasteiger charge is -2.23. The molecule has 14 heavy (non-hydrogen) atoms. The van der Waals surface area contributed by atoms with Crippen LogP contribution in [0.15, 0.2) is 29.5 Å². The summed E-state index contributed by atoms with van der Waals surface area (Å²) in [4.78, 5) is 13.2. The van der Waals surface area contributed by atoms with Crippen molar-refractivity contribution in [1.82, 2.24) is 9.91 Å². The normalized spacial score (nSPS) is 16.6. The highest BCUT2D eigenvalue weighted by Gasteiger charge is 2.19. The molecular weight excluding hydrogens is 178 g/mol. The maximum absolute atomic E-state index is 11.6. The average molecular weight is 193 g/mol. The number of allylic oxidation sites excluding steroid dienone is 3. The van der Waals surface area contributed by atoms with Gasteiger partial charge in [0.1, 0.15) is 6.04 Å². The van der Waals surface area contributed by atoms with Crippen molar-refractivity contribution in [2.24, 2.45) is 5.10 Å². The molecule has 4 nitrogen and oxygen atoms in total. The van der Waals surface area contributed by atoms with E-state index in [4.69, 9.17) is 0 Å². The molecule has 76 valence electrons. The van der Waals surface area contributed by atoms with E-state index in [-0.39, 0.29) is 11.9 Å². The average Bonchev–Trinajstić information content (AvgIpc) is 2.43. The molecule has 1 amide bonds. The van der Waals surface area contributed by atoms with Gasteiger partial charge in [-0.2, -0.15) is 5.10 Å². The number of likely N-dealkylation sites (N-methyl/N-ethyl adjacent to an activating group) is 1. The number of hydrazone groups is 1. The number of hydrogen-bond acceptors (Lipinski definition) is 3. The van der Waals surface area contributed by atoms with Crippen molar-refractivity contribution in [1.29, 1.82) is 0 Å². The smallest absolute Gasteiger partial charge is 0.246 e. The second kappa shape index (κ2) is 4.60. The second-order valence-electron chi connectivity index (χ2n) is 3.28. The van der Waals surface area contributed by atoms with Crippen LogP contribution in [0.25, 0.3) is 0 Å². The van der Waals surface area contributed by atoms with Gasteiger partial charge in [0.2, 0.25) is 5.91 Å². The molecule has 1 atom stereocenters. The summed E-state index contributed by atoms with van der Waals surface area (Å²) >= 11 is 0. The molecule has 1 aliphatic rings. The van der Waals surface area contributed by atoms with Gasteiger partial charge in [-0.25, -0.2) is 0 Å². The first-order chi connectivity index (χ1) is 6.63. The Bertz CT molecular complexity index is 276. The molecule has 1 rings (SSSR count). The fourth-order valence-electron chi connectivity index (χ4n) is 1.12. The lowest BCUT2D eigenvalue weighted by molar-refractivity contribution is -0.132. The Balaban J connectivity index is 2.69. The number of amides is 1. The van der Waals surface area contributed by atoms with Crippen LogP contribution < -0.4 is 0 Å². The van der Waals surface area contributed by atoms with Gasteiger partial charge in [-0.1, -0.05) is 6.08 Å². The van der Waals surface area contributed by atoms with Crippen LogP contribution in [0, 0.1) is 0 Å². The van der Waals surface area contributed by atoms with E-state index in [1.165, 1.54) is 0 Å². The van der Waals surface area contributed by atoms with Crippen molar-refractivity contribution >= 4 is 12.1 Å². The van der Waals surface area contributed by atoms with Crippen molar-refractivity contribution in [3.8, 4) is 0 Å². The van der Waals surface area contributed by atoms with E-state index >= 15 is 0 Å². The lowest BCUT2D eigenvalue weighted by Crippen LogP contribution is -2.39. The second-order valence-corrected chi connectivity index (χ2v) is 3.28. The summed E-state index contributed by atoms with van der Waals surface area (Å²) < 4.78 is 0. The zero-order valence-corrected chi connectivity index (χ0v) is 8.71. The third-order valence-electron chi connectivity index (χ3n) is 1.94. The standard InChI is InChI=1S/C10H15N3O/c1-9(10(14)12(2)3)13-8-6-4-5-7-11-13/h4-9H,1-3H3. The molecular formula is C10H15N3O. The summed E-state index contributed by atoms with van der Waals surface area (Å²) in [7, 11) is 3.48. The fourth-order valence-corrected chi connectivity index (χ4v) is 1.12. The predicted molar refractivity (Wildman–Crippen MR) is 56.8 cm³/mol. The number of carbonyl (C=O) groups excluding carboxylic acids is 1. The predicted octanol–water partition coefficient (Wildman–Crippen LogP) is 0.834. The summed E-state index contributed by atoms with van der Waals surface area (Å²) in [6.45, 7) is 1.83. The van der Waals surface area contributed by atoms with Crippen LogP contribution in [-0.4, -0.2) is 42.2 Å². The number of rotatable bonds is 2. The maximum Gasteiger partial charge on any atom is 0.246 e. The molecule has 1 unspecified atom stereocenters. The summed E-state index contributed by atoms with van der Waals surface area (Å²) in [5, 5.41) is 5.76. The minimum atomic E-state index is -0.266. The highest BCUT2D eigenvalue weighted by molar-refractivity contribution is 5.81. The van der Waals surface area contributed by atoms with Gasteiger partial charge < -0.3 is 4.90 Å². The minimum absolute atomic E-state index is 0.0358. The zero-order chi connectivity index (χ0) is 10.6. The highest BCUT2D eigenvalue weighted by atomic mass is 16.2. The zero-order valence-electron chi connectivity index (χ0n) is 8.71. The molecule has 0 bridgehead atoms. The molecule has 4 heteroatoms. The van der Waals surface area contributed by atoms with Crippen LogP contribution in [0.4, 0.5) is 0 Å². The Morgan fingerprint density at radius 2 is 2.07 bits per heavy atom. The molecule has 0 aromatic rings. The van der Waals surface area contributed by atoms with E-state index in [2.05, 4.69) is 5.10 Å². The minimum Gasteiger partial charge on any atom is -0.347 e. The molecule has 0 aromatic carbocycles. The molecule has 0 N–H and O–H groups in total. The van der Waals surface area contributed by atoms with Crippen molar-refractivity contribution < 1.29 is 4.79 Å². The number of hydrogen-bond donors (Lipinski definition) is 0. The molecule has 0 spiro atoms. The first kappa shape index (κ1) is 10.5. The van der Waals surface area contributed by atoms with Crippen LogP contribution in [0.2, 0.25) is 0 Å².